The molecule has 0 fully saturated rings. The van der Waals surface area contributed by atoms with Gasteiger partial charge in [0, 0.05) is 10.0 Å². The van der Waals surface area contributed by atoms with Crippen LogP contribution in [0.25, 0.3) is 0 Å². The van der Waals surface area contributed by atoms with Crippen molar-refractivity contribution in [1.82, 2.24) is 0 Å². The number of anilines is 2. The number of hydrogen-bond donors (Lipinski definition) is 2. The zero-order valence-electron chi connectivity index (χ0n) is 8.42. The van der Waals surface area contributed by atoms with E-state index in [1.807, 2.05) is 0 Å². The lowest BCUT2D eigenvalue weighted by molar-refractivity contribution is -0.142. The largest absolute Gasteiger partial charge is 0.466 e. The molecule has 0 spiro atoms. The van der Waals surface area contributed by atoms with Gasteiger partial charge in [-0.05, 0) is 19.1 Å². The first-order valence-corrected chi connectivity index (χ1v) is 5.33. The van der Waals surface area contributed by atoms with Gasteiger partial charge in [0.2, 0.25) is 0 Å². The lowest BCUT2D eigenvalue weighted by atomic mass is 10.1. The Morgan fingerprint density at radius 3 is 2.73 bits per heavy atom. The second-order valence-electron chi connectivity index (χ2n) is 3.01. The van der Waals surface area contributed by atoms with Gasteiger partial charge in [-0.3, -0.25) is 4.79 Å². The molecule has 0 saturated carbocycles. The van der Waals surface area contributed by atoms with Gasteiger partial charge in [0.1, 0.15) is 0 Å². The van der Waals surface area contributed by atoms with E-state index in [-0.39, 0.29) is 12.4 Å². The second-order valence-corrected chi connectivity index (χ2v) is 3.86. The van der Waals surface area contributed by atoms with Crippen LogP contribution in [0.5, 0.6) is 0 Å². The molecule has 1 rings (SSSR count). The van der Waals surface area contributed by atoms with E-state index in [4.69, 9.17) is 16.2 Å². The highest BCUT2D eigenvalue weighted by molar-refractivity contribution is 9.10. The number of halogens is 1. The molecule has 4 N–H and O–H groups in total. The maximum Gasteiger partial charge on any atom is 0.310 e. The van der Waals surface area contributed by atoms with E-state index in [1.54, 1.807) is 19.1 Å². The van der Waals surface area contributed by atoms with Crippen molar-refractivity contribution in [2.45, 2.75) is 13.3 Å². The van der Waals surface area contributed by atoms with Crippen molar-refractivity contribution < 1.29 is 9.53 Å². The van der Waals surface area contributed by atoms with Crippen LogP contribution in [-0.4, -0.2) is 12.6 Å². The molecule has 0 unspecified atom stereocenters. The minimum atomic E-state index is -0.310. The van der Waals surface area contributed by atoms with Gasteiger partial charge < -0.3 is 16.2 Å². The summed E-state index contributed by atoms with van der Waals surface area (Å²) in [5.74, 6) is -0.310. The third-order valence-corrected chi connectivity index (χ3v) is 2.70. The van der Waals surface area contributed by atoms with Gasteiger partial charge in [-0.15, -0.1) is 0 Å². The molecule has 1 aromatic rings. The van der Waals surface area contributed by atoms with Crippen molar-refractivity contribution in [2.24, 2.45) is 0 Å². The molecule has 0 atom stereocenters. The molecular weight excluding hydrogens is 260 g/mol. The van der Waals surface area contributed by atoms with Gasteiger partial charge >= 0.3 is 5.97 Å². The number of esters is 1. The molecule has 4 nitrogen and oxygen atoms in total. The van der Waals surface area contributed by atoms with Gasteiger partial charge in [0.25, 0.3) is 0 Å². The van der Waals surface area contributed by atoms with E-state index in [2.05, 4.69) is 15.9 Å². The fourth-order valence-corrected chi connectivity index (χ4v) is 1.68. The Bertz CT molecular complexity index is 380. The van der Waals surface area contributed by atoms with Crippen molar-refractivity contribution in [3.05, 3.63) is 22.2 Å². The standard InChI is InChI=1S/C10H13BrN2O2/c1-2-15-9(14)5-6-7(11)3-4-8(12)10(6)13/h3-4H,2,5,12-13H2,1H3. The van der Waals surface area contributed by atoms with Crippen LogP contribution in [0.3, 0.4) is 0 Å². The van der Waals surface area contributed by atoms with Crippen molar-refractivity contribution in [3.8, 4) is 0 Å². The minimum Gasteiger partial charge on any atom is -0.466 e. The van der Waals surface area contributed by atoms with E-state index in [9.17, 15) is 4.79 Å². The van der Waals surface area contributed by atoms with Crippen LogP contribution in [-0.2, 0) is 16.0 Å². The molecule has 0 aliphatic heterocycles. The normalized spacial score (nSPS) is 10.0. The van der Waals surface area contributed by atoms with E-state index in [0.717, 1.165) is 4.47 Å². The maximum absolute atomic E-state index is 11.3. The minimum absolute atomic E-state index is 0.130. The van der Waals surface area contributed by atoms with Crippen LogP contribution >= 0.6 is 15.9 Å². The molecule has 0 aliphatic carbocycles. The molecule has 1 aromatic carbocycles. The van der Waals surface area contributed by atoms with Crippen LogP contribution in [0.4, 0.5) is 11.4 Å². The number of rotatable bonds is 3. The summed E-state index contributed by atoms with van der Waals surface area (Å²) < 4.78 is 5.61. The Labute approximate surface area is 96.7 Å². The summed E-state index contributed by atoms with van der Waals surface area (Å²) in [6, 6.07) is 3.45. The highest BCUT2D eigenvalue weighted by Gasteiger charge is 2.12. The van der Waals surface area contributed by atoms with Crippen molar-refractivity contribution >= 4 is 33.3 Å². The summed E-state index contributed by atoms with van der Waals surface area (Å²) in [4.78, 5) is 11.3. The summed E-state index contributed by atoms with van der Waals surface area (Å²) in [5.41, 5.74) is 13.0. The molecular formula is C10H13BrN2O2. The molecule has 5 heteroatoms. The zero-order valence-corrected chi connectivity index (χ0v) is 10.0. The Balaban J connectivity index is 2.93. The van der Waals surface area contributed by atoms with Gasteiger partial charge in [0.15, 0.2) is 0 Å². The lowest BCUT2D eigenvalue weighted by Gasteiger charge is -2.09. The zero-order chi connectivity index (χ0) is 11.4. The van der Waals surface area contributed by atoms with Crippen molar-refractivity contribution in [2.75, 3.05) is 18.1 Å². The first-order valence-electron chi connectivity index (χ1n) is 4.54. The van der Waals surface area contributed by atoms with E-state index in [1.165, 1.54) is 0 Å². The molecule has 15 heavy (non-hydrogen) atoms. The summed E-state index contributed by atoms with van der Waals surface area (Å²) in [6.07, 6.45) is 0.130. The quantitative estimate of drug-likeness (QED) is 0.649. The molecule has 0 heterocycles. The average molecular weight is 273 g/mol. The maximum atomic E-state index is 11.3. The summed E-state index contributed by atoms with van der Waals surface area (Å²) in [5, 5.41) is 0. The highest BCUT2D eigenvalue weighted by Crippen LogP contribution is 2.28. The van der Waals surface area contributed by atoms with Gasteiger partial charge in [-0.2, -0.15) is 0 Å². The number of ether oxygens (including phenoxy) is 1. The first kappa shape index (κ1) is 11.8. The Morgan fingerprint density at radius 1 is 1.47 bits per heavy atom. The molecule has 82 valence electrons. The fraction of sp³-hybridized carbons (Fsp3) is 0.300. The van der Waals surface area contributed by atoms with E-state index >= 15 is 0 Å². The number of hydrogen-bond acceptors (Lipinski definition) is 4. The van der Waals surface area contributed by atoms with E-state index in [0.29, 0.717) is 23.5 Å². The monoisotopic (exact) mass is 272 g/mol. The second kappa shape index (κ2) is 5.02. The predicted molar refractivity (Wildman–Crippen MR) is 63.3 cm³/mol. The SMILES string of the molecule is CCOC(=O)Cc1c(Br)ccc(N)c1N. The van der Waals surface area contributed by atoms with Crippen LogP contribution in [0.1, 0.15) is 12.5 Å². The highest BCUT2D eigenvalue weighted by atomic mass is 79.9. The number of benzene rings is 1. The van der Waals surface area contributed by atoms with Crippen LogP contribution in [0, 0.1) is 0 Å². The molecule has 0 saturated heterocycles. The topological polar surface area (TPSA) is 78.3 Å². The third-order valence-electron chi connectivity index (χ3n) is 1.96. The van der Waals surface area contributed by atoms with Crippen molar-refractivity contribution in [1.29, 1.82) is 0 Å². The number of carbonyl (C=O) groups is 1. The Kier molecular flexibility index (Phi) is 3.96. The first-order chi connectivity index (χ1) is 7.06. The smallest absolute Gasteiger partial charge is 0.310 e. The van der Waals surface area contributed by atoms with Gasteiger partial charge in [-0.1, -0.05) is 15.9 Å². The summed E-state index contributed by atoms with van der Waals surface area (Å²) in [6.45, 7) is 2.12. The van der Waals surface area contributed by atoms with Crippen LogP contribution < -0.4 is 11.5 Å². The molecule has 0 bridgehead atoms. The number of nitrogens with two attached hydrogens (primary N) is 2. The van der Waals surface area contributed by atoms with Gasteiger partial charge in [0.05, 0.1) is 24.4 Å². The fourth-order valence-electron chi connectivity index (χ4n) is 1.19. The Hall–Kier alpha value is -1.23. The van der Waals surface area contributed by atoms with Gasteiger partial charge in [-0.25, -0.2) is 0 Å². The Morgan fingerprint density at radius 2 is 2.13 bits per heavy atom. The molecule has 0 amide bonds. The average Bonchev–Trinajstić information content (AvgIpc) is 2.19. The summed E-state index contributed by atoms with van der Waals surface area (Å²) in [7, 11) is 0. The predicted octanol–water partition coefficient (Wildman–Crippen LogP) is 1.72. The van der Waals surface area contributed by atoms with Crippen LogP contribution in [0.2, 0.25) is 0 Å². The molecule has 0 radical (unpaired) electrons. The molecule has 0 aliphatic rings. The van der Waals surface area contributed by atoms with Crippen LogP contribution in [0.15, 0.2) is 16.6 Å². The molecule has 0 aromatic heterocycles. The number of nitrogen functional groups attached to an aromatic ring is 2. The van der Waals surface area contributed by atoms with Crippen molar-refractivity contribution in [3.63, 3.8) is 0 Å². The van der Waals surface area contributed by atoms with E-state index < -0.39 is 0 Å². The lowest BCUT2D eigenvalue weighted by Crippen LogP contribution is -2.10. The number of carbonyl (C=O) groups excluding carboxylic acids is 1. The third kappa shape index (κ3) is 2.86. The summed E-state index contributed by atoms with van der Waals surface area (Å²) >= 11 is 3.32.